The second kappa shape index (κ2) is 10.8. The Labute approximate surface area is 184 Å². The van der Waals surface area contributed by atoms with Crippen molar-refractivity contribution in [2.45, 2.75) is 38.7 Å². The van der Waals surface area contributed by atoms with Crippen molar-refractivity contribution in [1.29, 1.82) is 0 Å². The van der Waals surface area contributed by atoms with Gasteiger partial charge in [-0.15, -0.1) is 5.38 Å². The number of rotatable bonds is 8. The van der Waals surface area contributed by atoms with Crippen LogP contribution in [0.3, 0.4) is 0 Å². The molecule has 25 heavy (non-hydrogen) atoms. The van der Waals surface area contributed by atoms with Crippen molar-refractivity contribution >= 4 is 22.9 Å². The van der Waals surface area contributed by atoms with Crippen LogP contribution in [-0.2, 0) is 45.7 Å². The summed E-state index contributed by atoms with van der Waals surface area (Å²) in [5.41, 5.74) is 3.70. The fraction of sp³-hybridized carbons (Fsp3) is 0.400. The standard InChI is InChI=1S/C20H22ClO2S.Y/c21-19-9-16(12-22)10-20(11-19)23-13-18-6-2-5-17(18)4-1-3-15-7-8-24-14-15;/h5,7,9-11,14,18,22H,1-4,6,12-13H2;/q-1;/t18-;/m1./s1. The minimum atomic E-state index is -0.0223. The van der Waals surface area contributed by atoms with Crippen LogP contribution in [0.1, 0.15) is 36.8 Å². The van der Waals surface area contributed by atoms with Gasteiger partial charge >= 0.3 is 0 Å². The van der Waals surface area contributed by atoms with Crippen molar-refractivity contribution in [2.24, 2.45) is 5.92 Å². The summed E-state index contributed by atoms with van der Waals surface area (Å²) < 4.78 is 5.96. The summed E-state index contributed by atoms with van der Waals surface area (Å²) in [6.07, 6.45) is 8.13. The zero-order chi connectivity index (χ0) is 16.8. The van der Waals surface area contributed by atoms with Gasteiger partial charge in [-0.3, -0.25) is 0 Å². The quantitative estimate of drug-likeness (QED) is 0.429. The SMILES string of the molecule is OCc1cc(Cl)cc(OC[C@H]2CCC=C2CCCc2c[c-]sc2)c1.[Y]. The first-order chi connectivity index (χ1) is 11.7. The van der Waals surface area contributed by atoms with Crippen LogP contribution < -0.4 is 4.74 Å². The van der Waals surface area contributed by atoms with Gasteiger partial charge in [-0.05, 0) is 43.0 Å². The van der Waals surface area contributed by atoms with Gasteiger partial charge in [-0.25, -0.2) is 0 Å². The molecule has 1 N–H and O–H groups in total. The van der Waals surface area contributed by atoms with Crippen molar-refractivity contribution in [3.05, 3.63) is 62.8 Å². The Morgan fingerprint density at radius 2 is 2.12 bits per heavy atom. The van der Waals surface area contributed by atoms with Crippen molar-refractivity contribution in [3.63, 3.8) is 0 Å². The normalized spacial score (nSPS) is 16.4. The molecule has 1 radical (unpaired) electrons. The van der Waals surface area contributed by atoms with E-state index in [1.807, 2.05) is 12.1 Å². The van der Waals surface area contributed by atoms with Gasteiger partial charge in [0.05, 0.1) is 13.2 Å². The van der Waals surface area contributed by atoms with Gasteiger partial charge in [0.25, 0.3) is 0 Å². The number of aliphatic hydroxyl groups excluding tert-OH is 1. The summed E-state index contributed by atoms with van der Waals surface area (Å²) in [5, 5.41) is 15.2. The average Bonchev–Trinajstić information content (AvgIpc) is 3.24. The molecule has 1 aliphatic carbocycles. The Morgan fingerprint density at radius 1 is 1.24 bits per heavy atom. The summed E-state index contributed by atoms with van der Waals surface area (Å²) in [4.78, 5) is 0. The molecule has 0 saturated carbocycles. The molecule has 1 aliphatic rings. The number of hydrogen-bond donors (Lipinski definition) is 1. The smallest absolute Gasteiger partial charge is 0.121 e. The molecule has 0 amide bonds. The van der Waals surface area contributed by atoms with Gasteiger partial charge in [0.2, 0.25) is 0 Å². The number of allylic oxidation sites excluding steroid dienone is 1. The molecule has 0 unspecified atom stereocenters. The Bertz CT molecular complexity index is 685. The molecule has 2 aromatic rings. The Balaban J connectivity index is 0.00000225. The molecular weight excluding hydrogens is 429 g/mol. The third-order valence-electron chi connectivity index (χ3n) is 4.46. The maximum Gasteiger partial charge on any atom is 0.121 e. The van der Waals surface area contributed by atoms with E-state index in [1.165, 1.54) is 17.6 Å². The first-order valence-corrected chi connectivity index (χ1v) is 9.66. The van der Waals surface area contributed by atoms with E-state index in [0.29, 0.717) is 17.5 Å². The van der Waals surface area contributed by atoms with Crippen LogP contribution in [0.25, 0.3) is 0 Å². The third-order valence-corrected chi connectivity index (χ3v) is 5.36. The van der Waals surface area contributed by atoms with Crippen LogP contribution in [0, 0.1) is 11.3 Å². The summed E-state index contributed by atoms with van der Waals surface area (Å²) in [6, 6.07) is 7.52. The fourth-order valence-electron chi connectivity index (χ4n) is 3.19. The van der Waals surface area contributed by atoms with E-state index in [2.05, 4.69) is 22.9 Å². The Kier molecular flexibility index (Phi) is 9.16. The van der Waals surface area contributed by atoms with Crippen LogP contribution in [0.2, 0.25) is 5.02 Å². The van der Waals surface area contributed by atoms with Crippen LogP contribution in [0.5, 0.6) is 5.75 Å². The number of halogens is 1. The summed E-state index contributed by atoms with van der Waals surface area (Å²) >= 11 is 7.71. The summed E-state index contributed by atoms with van der Waals surface area (Å²) in [5.74, 6) is 1.24. The molecule has 1 heterocycles. The van der Waals surface area contributed by atoms with E-state index >= 15 is 0 Å². The number of aryl methyl sites for hydroxylation is 1. The topological polar surface area (TPSA) is 29.5 Å². The van der Waals surface area contributed by atoms with Gasteiger partial charge in [0.1, 0.15) is 5.75 Å². The van der Waals surface area contributed by atoms with Gasteiger partial charge < -0.3 is 21.2 Å². The molecule has 0 fully saturated rings. The van der Waals surface area contributed by atoms with Gasteiger partial charge in [0, 0.05) is 43.6 Å². The zero-order valence-corrected chi connectivity index (χ0v) is 18.6. The second-order valence-electron chi connectivity index (χ2n) is 6.24. The molecule has 5 heteroatoms. The van der Waals surface area contributed by atoms with Gasteiger partial charge in [-0.2, -0.15) is 17.0 Å². The van der Waals surface area contributed by atoms with Crippen molar-refractivity contribution in [1.82, 2.24) is 0 Å². The van der Waals surface area contributed by atoms with E-state index in [4.69, 9.17) is 16.3 Å². The maximum absolute atomic E-state index is 9.26. The minimum absolute atomic E-state index is 0. The largest absolute Gasteiger partial charge is 0.493 e. The van der Waals surface area contributed by atoms with Crippen molar-refractivity contribution in [2.75, 3.05) is 6.61 Å². The molecule has 1 aromatic carbocycles. The third kappa shape index (κ3) is 6.48. The molecule has 0 aliphatic heterocycles. The maximum atomic E-state index is 9.26. The molecule has 2 nitrogen and oxygen atoms in total. The molecule has 1 atom stereocenters. The number of ether oxygens (including phenoxy) is 1. The molecule has 1 aromatic heterocycles. The first-order valence-electron chi connectivity index (χ1n) is 8.40. The van der Waals surface area contributed by atoms with Crippen LogP contribution in [0.4, 0.5) is 0 Å². The number of aliphatic hydroxyl groups is 1. The number of hydrogen-bond acceptors (Lipinski definition) is 3. The van der Waals surface area contributed by atoms with E-state index in [1.54, 1.807) is 17.4 Å². The fourth-order valence-corrected chi connectivity index (χ4v) is 4.06. The number of benzene rings is 1. The molecule has 0 spiro atoms. The predicted molar refractivity (Wildman–Crippen MR) is 99.8 cm³/mol. The van der Waals surface area contributed by atoms with Crippen LogP contribution in [0.15, 0.2) is 41.3 Å². The summed E-state index contributed by atoms with van der Waals surface area (Å²) in [6.45, 7) is 0.661. The monoisotopic (exact) mass is 450 g/mol. The Hall–Kier alpha value is -0.186. The molecule has 0 bridgehead atoms. The summed E-state index contributed by atoms with van der Waals surface area (Å²) in [7, 11) is 0. The molecule has 0 saturated heterocycles. The zero-order valence-electron chi connectivity index (χ0n) is 14.2. The molecular formula is C20H22ClO2SY-. The van der Waals surface area contributed by atoms with E-state index in [-0.39, 0.29) is 39.3 Å². The molecule has 131 valence electrons. The van der Waals surface area contributed by atoms with E-state index < -0.39 is 0 Å². The van der Waals surface area contributed by atoms with Crippen LogP contribution in [-0.4, -0.2) is 11.7 Å². The minimum Gasteiger partial charge on any atom is -0.493 e. The predicted octanol–water partition coefficient (Wildman–Crippen LogP) is 5.43. The van der Waals surface area contributed by atoms with E-state index in [0.717, 1.165) is 37.0 Å². The molecule has 3 rings (SSSR count). The van der Waals surface area contributed by atoms with Gasteiger partial charge in [-0.1, -0.05) is 36.1 Å². The van der Waals surface area contributed by atoms with Crippen LogP contribution >= 0.6 is 22.9 Å². The van der Waals surface area contributed by atoms with Crippen molar-refractivity contribution < 1.29 is 42.6 Å². The van der Waals surface area contributed by atoms with E-state index in [9.17, 15) is 5.11 Å². The first kappa shape index (κ1) is 21.1. The number of thiophene rings is 1. The Morgan fingerprint density at radius 3 is 2.88 bits per heavy atom. The second-order valence-corrected chi connectivity index (χ2v) is 7.39. The average molecular weight is 451 g/mol. The van der Waals surface area contributed by atoms with Gasteiger partial charge in [0.15, 0.2) is 0 Å². The van der Waals surface area contributed by atoms with Crippen molar-refractivity contribution in [3.8, 4) is 5.75 Å².